The molecule has 1 aromatic heterocycles. The highest BCUT2D eigenvalue weighted by Gasteiger charge is 2.28. The van der Waals surface area contributed by atoms with Gasteiger partial charge in [-0.25, -0.2) is 9.59 Å². The summed E-state index contributed by atoms with van der Waals surface area (Å²) in [5, 5.41) is 0.987. The minimum Gasteiger partial charge on any atom is -0.462 e. The first kappa shape index (κ1) is 20.0. The van der Waals surface area contributed by atoms with Crippen molar-refractivity contribution in [2.24, 2.45) is 0 Å². The van der Waals surface area contributed by atoms with Crippen molar-refractivity contribution in [2.45, 2.75) is 33.4 Å². The molecule has 2 aromatic carbocycles. The number of fused-ring (bicyclic) bond motifs is 3. The van der Waals surface area contributed by atoms with Crippen LogP contribution in [0.5, 0.6) is 0 Å². The van der Waals surface area contributed by atoms with Crippen molar-refractivity contribution in [1.82, 2.24) is 9.47 Å². The fourth-order valence-corrected chi connectivity index (χ4v) is 4.11. The molecule has 1 aliphatic heterocycles. The fourth-order valence-electron chi connectivity index (χ4n) is 4.11. The van der Waals surface area contributed by atoms with Crippen molar-refractivity contribution in [1.29, 1.82) is 0 Å². The van der Waals surface area contributed by atoms with E-state index in [1.807, 2.05) is 43.3 Å². The molecule has 0 bridgehead atoms. The predicted molar refractivity (Wildman–Crippen MR) is 115 cm³/mol. The van der Waals surface area contributed by atoms with E-state index in [1.165, 1.54) is 11.3 Å². The van der Waals surface area contributed by atoms with Gasteiger partial charge < -0.3 is 18.9 Å². The molecule has 0 atom stereocenters. The summed E-state index contributed by atoms with van der Waals surface area (Å²) in [6.45, 7) is 6.12. The van der Waals surface area contributed by atoms with E-state index in [2.05, 4.69) is 16.7 Å². The van der Waals surface area contributed by atoms with Crippen molar-refractivity contribution in [3.63, 3.8) is 0 Å². The first-order valence-electron chi connectivity index (χ1n) is 10.4. The molecule has 6 nitrogen and oxygen atoms in total. The van der Waals surface area contributed by atoms with Gasteiger partial charge in [0.05, 0.1) is 25.3 Å². The Hall–Kier alpha value is -3.28. The number of benzene rings is 2. The summed E-state index contributed by atoms with van der Waals surface area (Å²) in [7, 11) is 0. The summed E-state index contributed by atoms with van der Waals surface area (Å²) >= 11 is 0. The Bertz CT molecular complexity index is 1070. The quantitative estimate of drug-likeness (QED) is 0.590. The van der Waals surface area contributed by atoms with Crippen molar-refractivity contribution in [2.75, 3.05) is 19.8 Å². The van der Waals surface area contributed by atoms with Gasteiger partial charge in [-0.05, 0) is 37.6 Å². The molecule has 0 saturated heterocycles. The van der Waals surface area contributed by atoms with Crippen LogP contribution >= 0.6 is 0 Å². The van der Waals surface area contributed by atoms with Gasteiger partial charge in [-0.1, -0.05) is 30.3 Å². The zero-order valence-electron chi connectivity index (χ0n) is 17.4. The third kappa shape index (κ3) is 3.77. The van der Waals surface area contributed by atoms with Crippen LogP contribution in [-0.2, 0) is 29.0 Å². The van der Waals surface area contributed by atoms with E-state index in [9.17, 15) is 9.59 Å². The highest BCUT2D eigenvalue weighted by molar-refractivity contribution is 5.96. The maximum atomic E-state index is 12.3. The van der Waals surface area contributed by atoms with E-state index in [1.54, 1.807) is 11.8 Å². The second kappa shape index (κ2) is 8.61. The van der Waals surface area contributed by atoms with Crippen LogP contribution in [0.2, 0.25) is 0 Å². The highest BCUT2D eigenvalue weighted by atomic mass is 16.6. The van der Waals surface area contributed by atoms with Crippen molar-refractivity contribution >= 4 is 23.0 Å². The molecule has 0 N–H and O–H groups in total. The topological polar surface area (TPSA) is 60.8 Å². The molecule has 6 heteroatoms. The molecule has 0 unspecified atom stereocenters. The molecule has 1 amide bonds. The Morgan fingerprint density at radius 3 is 2.50 bits per heavy atom. The van der Waals surface area contributed by atoms with Crippen LogP contribution in [0, 0.1) is 0 Å². The van der Waals surface area contributed by atoms with E-state index < -0.39 is 0 Å². The van der Waals surface area contributed by atoms with Crippen molar-refractivity contribution < 1.29 is 19.1 Å². The Balaban J connectivity index is 1.80. The van der Waals surface area contributed by atoms with Crippen LogP contribution < -0.4 is 0 Å². The van der Waals surface area contributed by atoms with Crippen molar-refractivity contribution in [3.05, 3.63) is 70.9 Å². The number of hydrogen-bond donors (Lipinski definition) is 0. The lowest BCUT2D eigenvalue weighted by Crippen LogP contribution is -2.36. The smallest absolute Gasteiger partial charge is 0.410 e. The maximum absolute atomic E-state index is 12.3. The summed E-state index contributed by atoms with van der Waals surface area (Å²) in [6, 6.07) is 16.0. The third-order valence-electron chi connectivity index (χ3n) is 5.47. The van der Waals surface area contributed by atoms with Gasteiger partial charge in [0.1, 0.15) is 0 Å². The monoisotopic (exact) mass is 406 g/mol. The van der Waals surface area contributed by atoms with E-state index in [4.69, 9.17) is 9.47 Å². The Labute approximate surface area is 176 Å². The number of hydrogen-bond acceptors (Lipinski definition) is 4. The minimum atomic E-state index is -0.331. The summed E-state index contributed by atoms with van der Waals surface area (Å²) in [6.07, 6.45) is 0.443. The molecule has 0 radical (unpaired) electrons. The number of rotatable bonds is 5. The fraction of sp³-hybridized carbons (Fsp3) is 0.333. The van der Waals surface area contributed by atoms with Gasteiger partial charge in [-0.2, -0.15) is 0 Å². The molecule has 0 aliphatic carbocycles. The normalized spacial score (nSPS) is 13.2. The highest BCUT2D eigenvalue weighted by Crippen LogP contribution is 2.33. The molecule has 30 heavy (non-hydrogen) atoms. The number of aromatic nitrogens is 1. The Morgan fingerprint density at radius 1 is 1.00 bits per heavy atom. The van der Waals surface area contributed by atoms with Gasteiger partial charge >= 0.3 is 12.1 Å². The minimum absolute atomic E-state index is 0.298. The number of carbonyl (C=O) groups excluding carboxylic acids is 2. The van der Waals surface area contributed by atoms with Gasteiger partial charge in [0.25, 0.3) is 0 Å². The lowest BCUT2D eigenvalue weighted by Gasteiger charge is -2.27. The lowest BCUT2D eigenvalue weighted by atomic mass is 10.0. The van der Waals surface area contributed by atoms with E-state index in [0.717, 1.165) is 29.4 Å². The van der Waals surface area contributed by atoms with Crippen LogP contribution in [0.4, 0.5) is 4.79 Å². The number of carbonyl (C=O) groups is 2. The van der Waals surface area contributed by atoms with E-state index >= 15 is 0 Å². The zero-order chi connectivity index (χ0) is 21.1. The predicted octanol–water partition coefficient (Wildman–Crippen LogP) is 4.38. The molecule has 0 fully saturated rings. The third-order valence-corrected chi connectivity index (χ3v) is 5.47. The second-order valence-corrected chi connectivity index (χ2v) is 7.32. The maximum Gasteiger partial charge on any atom is 0.410 e. The summed E-state index contributed by atoms with van der Waals surface area (Å²) < 4.78 is 12.7. The first-order valence-corrected chi connectivity index (χ1v) is 10.4. The number of ether oxygens (including phenoxy) is 2. The molecule has 0 spiro atoms. The van der Waals surface area contributed by atoms with Crippen LogP contribution in [0.25, 0.3) is 10.9 Å². The SMILES string of the molecule is CCOC(=O)c1ccc2c(c1)c1c(n2Cc2ccccc2)CCN(C(=O)OCC)C1. The molecule has 3 aromatic rings. The van der Waals surface area contributed by atoms with Crippen molar-refractivity contribution in [3.8, 4) is 0 Å². The molecular formula is C24H26N2O4. The molecular weight excluding hydrogens is 380 g/mol. The Morgan fingerprint density at radius 2 is 1.77 bits per heavy atom. The molecule has 156 valence electrons. The zero-order valence-corrected chi connectivity index (χ0v) is 17.4. The largest absolute Gasteiger partial charge is 0.462 e. The average Bonchev–Trinajstić information content (AvgIpc) is 3.07. The van der Waals surface area contributed by atoms with E-state index in [0.29, 0.717) is 31.9 Å². The molecule has 4 rings (SSSR count). The summed E-state index contributed by atoms with van der Waals surface area (Å²) in [4.78, 5) is 26.4. The number of esters is 1. The summed E-state index contributed by atoms with van der Waals surface area (Å²) in [5.41, 5.74) is 5.07. The average molecular weight is 406 g/mol. The number of amides is 1. The van der Waals surface area contributed by atoms with Gasteiger partial charge in [-0.3, -0.25) is 0 Å². The van der Waals surface area contributed by atoms with Gasteiger partial charge in [0, 0.05) is 41.7 Å². The summed E-state index contributed by atoms with van der Waals surface area (Å²) in [5.74, 6) is -0.331. The van der Waals surface area contributed by atoms with Crippen LogP contribution in [-0.4, -0.2) is 41.3 Å². The molecule has 1 aliphatic rings. The molecule has 0 saturated carbocycles. The van der Waals surface area contributed by atoms with Gasteiger partial charge in [0.15, 0.2) is 0 Å². The van der Waals surface area contributed by atoms with E-state index in [-0.39, 0.29) is 12.1 Å². The lowest BCUT2D eigenvalue weighted by molar-refractivity contribution is 0.0526. The van der Waals surface area contributed by atoms with Gasteiger partial charge in [-0.15, -0.1) is 0 Å². The van der Waals surface area contributed by atoms with Crippen LogP contribution in [0.15, 0.2) is 48.5 Å². The standard InChI is InChI=1S/C24H26N2O4/c1-3-29-23(27)18-10-11-21-19(14-18)20-16-25(24(28)30-4-2)13-12-22(20)26(21)15-17-8-6-5-7-9-17/h5-11,14H,3-4,12-13,15-16H2,1-2H3. The molecule has 2 heterocycles. The first-order chi connectivity index (χ1) is 14.6. The second-order valence-electron chi connectivity index (χ2n) is 7.32. The van der Waals surface area contributed by atoms with Gasteiger partial charge in [0.2, 0.25) is 0 Å². The van der Waals surface area contributed by atoms with Crippen LogP contribution in [0.3, 0.4) is 0 Å². The van der Waals surface area contributed by atoms with Crippen LogP contribution in [0.1, 0.15) is 41.0 Å². The number of nitrogens with zero attached hydrogens (tertiary/aromatic N) is 2. The Kier molecular flexibility index (Phi) is 5.74.